The maximum Gasteiger partial charge on any atom is 0.123 e. The summed E-state index contributed by atoms with van der Waals surface area (Å²) < 4.78 is 18.9. The van der Waals surface area contributed by atoms with Gasteiger partial charge in [-0.2, -0.15) is 0 Å². The smallest absolute Gasteiger partial charge is 0.123 e. The molecular formula is C15H14BrFO. The predicted molar refractivity (Wildman–Crippen MR) is 74.7 cm³/mol. The van der Waals surface area contributed by atoms with Crippen LogP contribution in [0.1, 0.15) is 11.1 Å². The number of ether oxygens (including phenoxy) is 1. The lowest BCUT2D eigenvalue weighted by molar-refractivity contribution is 0.302. The molecule has 0 amide bonds. The molecule has 0 atom stereocenters. The van der Waals surface area contributed by atoms with Crippen LogP contribution in [0.5, 0.6) is 5.75 Å². The van der Waals surface area contributed by atoms with E-state index in [0.717, 1.165) is 28.6 Å². The number of hydrogen-bond acceptors (Lipinski definition) is 1. The molecule has 0 unspecified atom stereocenters. The molecule has 0 aliphatic heterocycles. The minimum Gasteiger partial charge on any atom is -0.489 e. The second-order valence-electron chi connectivity index (χ2n) is 3.97. The Balaban J connectivity index is 2.09. The van der Waals surface area contributed by atoms with Crippen molar-refractivity contribution in [1.29, 1.82) is 0 Å². The van der Waals surface area contributed by atoms with Gasteiger partial charge in [-0.1, -0.05) is 46.3 Å². The van der Waals surface area contributed by atoms with Crippen molar-refractivity contribution in [3.63, 3.8) is 0 Å². The van der Waals surface area contributed by atoms with Gasteiger partial charge in [-0.15, -0.1) is 0 Å². The highest BCUT2D eigenvalue weighted by molar-refractivity contribution is 9.09. The molecule has 0 aliphatic carbocycles. The van der Waals surface area contributed by atoms with Crippen molar-refractivity contribution in [3.05, 3.63) is 65.5 Å². The second kappa shape index (κ2) is 6.55. The van der Waals surface area contributed by atoms with E-state index in [4.69, 9.17) is 4.74 Å². The van der Waals surface area contributed by atoms with Crippen LogP contribution in [0.25, 0.3) is 0 Å². The van der Waals surface area contributed by atoms with E-state index < -0.39 is 0 Å². The molecule has 18 heavy (non-hydrogen) atoms. The van der Waals surface area contributed by atoms with Crippen molar-refractivity contribution in [2.45, 2.75) is 13.0 Å². The summed E-state index contributed by atoms with van der Waals surface area (Å²) >= 11 is 3.36. The third-order valence-corrected chi connectivity index (χ3v) is 3.02. The number of halogens is 2. The Bertz CT molecular complexity index is 499. The number of hydrogen-bond donors (Lipinski definition) is 0. The van der Waals surface area contributed by atoms with Crippen LogP contribution in [-0.2, 0) is 13.0 Å². The Morgan fingerprint density at radius 3 is 2.56 bits per heavy atom. The van der Waals surface area contributed by atoms with Crippen molar-refractivity contribution >= 4 is 15.9 Å². The molecule has 0 radical (unpaired) electrons. The zero-order valence-electron chi connectivity index (χ0n) is 9.90. The topological polar surface area (TPSA) is 9.23 Å². The zero-order valence-corrected chi connectivity index (χ0v) is 11.5. The minimum atomic E-state index is -0.224. The molecule has 3 heteroatoms. The highest BCUT2D eigenvalue weighted by atomic mass is 79.9. The van der Waals surface area contributed by atoms with E-state index in [0.29, 0.717) is 6.61 Å². The first-order valence-corrected chi connectivity index (χ1v) is 6.93. The van der Waals surface area contributed by atoms with Gasteiger partial charge >= 0.3 is 0 Å². The standard InChI is InChI=1S/C15H14BrFO/c16-9-8-13-10-14(17)6-7-15(13)18-11-12-4-2-1-3-5-12/h1-7,10H,8-9,11H2. The molecule has 2 rings (SSSR count). The average molecular weight is 309 g/mol. The Labute approximate surface area is 115 Å². The molecule has 2 aromatic carbocycles. The highest BCUT2D eigenvalue weighted by Gasteiger charge is 2.05. The van der Waals surface area contributed by atoms with Crippen LogP contribution in [0, 0.1) is 5.82 Å². The van der Waals surface area contributed by atoms with Gasteiger partial charge in [-0.05, 0) is 35.7 Å². The third-order valence-electron chi connectivity index (χ3n) is 2.62. The van der Waals surface area contributed by atoms with Crippen LogP contribution >= 0.6 is 15.9 Å². The van der Waals surface area contributed by atoms with Crippen molar-refractivity contribution in [2.24, 2.45) is 0 Å². The Morgan fingerprint density at radius 2 is 1.83 bits per heavy atom. The average Bonchev–Trinajstić information content (AvgIpc) is 2.39. The number of alkyl halides is 1. The molecule has 0 N–H and O–H groups in total. The van der Waals surface area contributed by atoms with Crippen molar-refractivity contribution in [1.82, 2.24) is 0 Å². The fraction of sp³-hybridized carbons (Fsp3) is 0.200. The molecule has 0 aromatic heterocycles. The van der Waals surface area contributed by atoms with Crippen molar-refractivity contribution in [3.8, 4) is 5.75 Å². The second-order valence-corrected chi connectivity index (χ2v) is 4.76. The highest BCUT2D eigenvalue weighted by Crippen LogP contribution is 2.22. The maximum atomic E-state index is 13.2. The maximum absolute atomic E-state index is 13.2. The lowest BCUT2D eigenvalue weighted by Gasteiger charge is -2.11. The van der Waals surface area contributed by atoms with Crippen LogP contribution in [0.15, 0.2) is 48.5 Å². The molecule has 2 aromatic rings. The summed E-state index contributed by atoms with van der Waals surface area (Å²) in [7, 11) is 0. The van der Waals surface area contributed by atoms with Gasteiger partial charge in [0.2, 0.25) is 0 Å². The third kappa shape index (κ3) is 3.57. The fourth-order valence-electron chi connectivity index (χ4n) is 1.72. The van der Waals surface area contributed by atoms with Gasteiger partial charge in [0.1, 0.15) is 18.2 Å². The van der Waals surface area contributed by atoms with E-state index >= 15 is 0 Å². The largest absolute Gasteiger partial charge is 0.489 e. The molecular weight excluding hydrogens is 295 g/mol. The van der Waals surface area contributed by atoms with Gasteiger partial charge in [0.25, 0.3) is 0 Å². The first-order chi connectivity index (χ1) is 8.79. The van der Waals surface area contributed by atoms with Crippen molar-refractivity contribution < 1.29 is 9.13 Å². The number of aryl methyl sites for hydroxylation is 1. The first-order valence-electron chi connectivity index (χ1n) is 5.80. The molecule has 0 saturated heterocycles. The summed E-state index contributed by atoms with van der Waals surface area (Å²) in [5.74, 6) is 0.526. The normalized spacial score (nSPS) is 10.3. The number of benzene rings is 2. The van der Waals surface area contributed by atoms with E-state index in [-0.39, 0.29) is 5.82 Å². The Hall–Kier alpha value is -1.35. The molecule has 94 valence electrons. The predicted octanol–water partition coefficient (Wildman–Crippen LogP) is 4.34. The van der Waals surface area contributed by atoms with Crippen LogP contribution in [0.4, 0.5) is 4.39 Å². The van der Waals surface area contributed by atoms with E-state index in [1.165, 1.54) is 12.1 Å². The lowest BCUT2D eigenvalue weighted by Crippen LogP contribution is -1.99. The summed E-state index contributed by atoms with van der Waals surface area (Å²) in [5.41, 5.74) is 1.99. The summed E-state index contributed by atoms with van der Waals surface area (Å²) in [4.78, 5) is 0. The Kier molecular flexibility index (Phi) is 4.76. The van der Waals surface area contributed by atoms with Gasteiger partial charge < -0.3 is 4.74 Å². The van der Waals surface area contributed by atoms with Gasteiger partial charge in [-0.25, -0.2) is 4.39 Å². The van der Waals surface area contributed by atoms with Crippen LogP contribution in [0.2, 0.25) is 0 Å². The molecule has 0 heterocycles. The molecule has 0 spiro atoms. The summed E-state index contributed by atoms with van der Waals surface area (Å²) in [5, 5.41) is 0.790. The fourth-order valence-corrected chi connectivity index (χ4v) is 2.15. The molecule has 1 nitrogen and oxygen atoms in total. The van der Waals surface area contributed by atoms with E-state index in [9.17, 15) is 4.39 Å². The van der Waals surface area contributed by atoms with E-state index in [1.54, 1.807) is 6.07 Å². The minimum absolute atomic E-state index is 0.224. The van der Waals surface area contributed by atoms with Gasteiger partial charge in [0, 0.05) is 5.33 Å². The monoisotopic (exact) mass is 308 g/mol. The molecule has 0 saturated carbocycles. The van der Waals surface area contributed by atoms with Gasteiger partial charge in [-0.3, -0.25) is 0 Å². The number of rotatable bonds is 5. The summed E-state index contributed by atoms with van der Waals surface area (Å²) in [6.45, 7) is 0.502. The lowest BCUT2D eigenvalue weighted by atomic mass is 10.1. The van der Waals surface area contributed by atoms with Gasteiger partial charge in [0.05, 0.1) is 0 Å². The van der Waals surface area contributed by atoms with Crippen molar-refractivity contribution in [2.75, 3.05) is 5.33 Å². The van der Waals surface area contributed by atoms with Crippen LogP contribution in [0.3, 0.4) is 0 Å². The van der Waals surface area contributed by atoms with Crippen LogP contribution in [-0.4, -0.2) is 5.33 Å². The SMILES string of the molecule is Fc1ccc(OCc2ccccc2)c(CCBr)c1. The summed E-state index contributed by atoms with van der Waals surface area (Å²) in [6, 6.07) is 14.6. The molecule has 0 aliphatic rings. The zero-order chi connectivity index (χ0) is 12.8. The quantitative estimate of drug-likeness (QED) is 0.747. The molecule has 0 bridgehead atoms. The van der Waals surface area contributed by atoms with E-state index in [1.807, 2.05) is 30.3 Å². The van der Waals surface area contributed by atoms with Crippen LogP contribution < -0.4 is 4.74 Å². The van der Waals surface area contributed by atoms with E-state index in [2.05, 4.69) is 15.9 Å². The molecule has 0 fully saturated rings. The first kappa shape index (κ1) is 13.1. The van der Waals surface area contributed by atoms with Gasteiger partial charge in [0.15, 0.2) is 0 Å². The summed E-state index contributed by atoms with van der Waals surface area (Å²) in [6.07, 6.45) is 0.752. The Morgan fingerprint density at radius 1 is 1.06 bits per heavy atom.